The molecule has 0 aliphatic carbocycles. The first-order valence-electron chi connectivity index (χ1n) is 18.7. The lowest BCUT2D eigenvalue weighted by Crippen LogP contribution is -2.00. The highest BCUT2D eigenvalue weighted by Gasteiger charge is 2.21. The first kappa shape index (κ1) is 32.6. The van der Waals surface area contributed by atoms with Gasteiger partial charge in [-0.15, -0.1) is 22.7 Å². The maximum Gasteiger partial charge on any atom is 0.164 e. The predicted octanol–water partition coefficient (Wildman–Crippen LogP) is 14.6. The average Bonchev–Trinajstić information content (AvgIpc) is 3.87. The quantitative estimate of drug-likeness (QED) is 0.170. The lowest BCUT2D eigenvalue weighted by Gasteiger charge is -2.11. The molecule has 5 heteroatoms. The zero-order chi connectivity index (χ0) is 37.0. The number of fused-ring (bicyclic) bond motifs is 6. The van der Waals surface area contributed by atoms with Crippen molar-refractivity contribution >= 4 is 63.0 Å². The van der Waals surface area contributed by atoms with Crippen LogP contribution in [0.4, 0.5) is 0 Å². The molecule has 0 saturated carbocycles. The smallest absolute Gasteiger partial charge is 0.164 e. The Bertz CT molecular complexity index is 3220. The van der Waals surface area contributed by atoms with E-state index in [1.54, 1.807) is 0 Å². The van der Waals surface area contributed by atoms with Crippen LogP contribution in [-0.4, -0.2) is 15.0 Å². The van der Waals surface area contributed by atoms with Crippen molar-refractivity contribution in [2.24, 2.45) is 0 Å². The summed E-state index contributed by atoms with van der Waals surface area (Å²) in [5.41, 5.74) is 10.2. The summed E-state index contributed by atoms with van der Waals surface area (Å²) in [7, 11) is 0. The van der Waals surface area contributed by atoms with Crippen molar-refractivity contribution in [3.8, 4) is 67.5 Å². The van der Waals surface area contributed by atoms with Crippen LogP contribution in [0.15, 0.2) is 188 Å². The molecular weight excluding hydrogens is 719 g/mol. The van der Waals surface area contributed by atoms with Gasteiger partial charge >= 0.3 is 0 Å². The van der Waals surface area contributed by atoms with Crippen LogP contribution in [0.25, 0.3) is 108 Å². The third-order valence-electron chi connectivity index (χ3n) is 10.6. The molecule has 0 radical (unpaired) electrons. The number of benzene rings is 8. The summed E-state index contributed by atoms with van der Waals surface area (Å²) in [4.78, 5) is 15.4. The van der Waals surface area contributed by atoms with E-state index in [9.17, 15) is 0 Å². The van der Waals surface area contributed by atoms with Gasteiger partial charge in [0.15, 0.2) is 17.5 Å². The molecule has 0 spiro atoms. The summed E-state index contributed by atoms with van der Waals surface area (Å²) in [5.74, 6) is 1.97. The molecule has 0 fully saturated rings. The Morgan fingerprint density at radius 1 is 0.268 bits per heavy atom. The van der Waals surface area contributed by atoms with Crippen LogP contribution in [0.3, 0.4) is 0 Å². The van der Waals surface area contributed by atoms with E-state index in [1.165, 1.54) is 68.2 Å². The molecule has 262 valence electrons. The van der Waals surface area contributed by atoms with Crippen molar-refractivity contribution < 1.29 is 0 Å². The number of aromatic nitrogens is 3. The predicted molar refractivity (Wildman–Crippen MR) is 238 cm³/mol. The molecule has 0 atom stereocenters. The SMILES string of the molecule is c1ccc(-c2ccc(-c3nc(-c4ccccc4)nc(-c4cccc5sc6c(-c7ccc(-c8ccccc8)c8c7sc7ccccc78)cccc6c45)n3)cc2)cc1. The molecule has 0 N–H and O–H groups in total. The maximum atomic E-state index is 5.21. The van der Waals surface area contributed by atoms with Gasteiger partial charge in [-0.05, 0) is 34.4 Å². The van der Waals surface area contributed by atoms with E-state index in [4.69, 9.17) is 15.0 Å². The van der Waals surface area contributed by atoms with Crippen molar-refractivity contribution in [3.05, 3.63) is 188 Å². The van der Waals surface area contributed by atoms with Gasteiger partial charge in [-0.1, -0.05) is 176 Å². The highest BCUT2D eigenvalue weighted by molar-refractivity contribution is 7.27. The summed E-state index contributed by atoms with van der Waals surface area (Å²) >= 11 is 3.73. The Hall–Kier alpha value is -6.79. The summed E-state index contributed by atoms with van der Waals surface area (Å²) in [6, 6.07) is 66.6. The van der Waals surface area contributed by atoms with Gasteiger partial charge in [0.05, 0.1) is 0 Å². The first-order valence-corrected chi connectivity index (χ1v) is 20.3. The first-order chi connectivity index (χ1) is 27.8. The van der Waals surface area contributed by atoms with Crippen LogP contribution in [0.2, 0.25) is 0 Å². The number of thiophene rings is 2. The van der Waals surface area contributed by atoms with Gasteiger partial charge in [0.1, 0.15) is 0 Å². The third-order valence-corrected chi connectivity index (χ3v) is 13.0. The molecule has 56 heavy (non-hydrogen) atoms. The highest BCUT2D eigenvalue weighted by Crippen LogP contribution is 2.49. The molecule has 0 bridgehead atoms. The summed E-state index contributed by atoms with van der Waals surface area (Å²) in [5, 5.41) is 4.98. The molecule has 3 aromatic heterocycles. The molecule has 0 aliphatic heterocycles. The summed E-state index contributed by atoms with van der Waals surface area (Å²) in [6.07, 6.45) is 0. The fraction of sp³-hybridized carbons (Fsp3) is 0. The van der Waals surface area contributed by atoms with Crippen LogP contribution in [0.1, 0.15) is 0 Å². The normalized spacial score (nSPS) is 11.6. The van der Waals surface area contributed by atoms with Gasteiger partial charge < -0.3 is 0 Å². The minimum atomic E-state index is 0.649. The summed E-state index contributed by atoms with van der Waals surface area (Å²) < 4.78 is 5.07. The minimum absolute atomic E-state index is 0.649. The lowest BCUT2D eigenvalue weighted by atomic mass is 9.94. The second kappa shape index (κ2) is 13.5. The number of hydrogen-bond donors (Lipinski definition) is 0. The zero-order valence-corrected chi connectivity index (χ0v) is 31.7. The molecule has 0 saturated heterocycles. The largest absolute Gasteiger partial charge is 0.208 e. The van der Waals surface area contributed by atoms with Crippen LogP contribution < -0.4 is 0 Å². The molecule has 11 aromatic rings. The molecule has 0 unspecified atom stereocenters. The topological polar surface area (TPSA) is 38.7 Å². The van der Waals surface area contributed by atoms with Crippen LogP contribution in [0.5, 0.6) is 0 Å². The van der Waals surface area contributed by atoms with Gasteiger partial charge in [0.25, 0.3) is 0 Å². The maximum absolute atomic E-state index is 5.21. The Labute approximate surface area is 331 Å². The van der Waals surface area contributed by atoms with Gasteiger partial charge in [-0.2, -0.15) is 0 Å². The van der Waals surface area contributed by atoms with E-state index in [0.717, 1.165) is 22.3 Å². The molecule has 8 aromatic carbocycles. The van der Waals surface area contributed by atoms with Crippen LogP contribution in [0, 0.1) is 0 Å². The number of hydrogen-bond acceptors (Lipinski definition) is 5. The lowest BCUT2D eigenvalue weighted by molar-refractivity contribution is 1.08. The van der Waals surface area contributed by atoms with Gasteiger partial charge in [0.2, 0.25) is 0 Å². The molecule has 0 amide bonds. The highest BCUT2D eigenvalue weighted by atomic mass is 32.1. The molecule has 3 nitrogen and oxygen atoms in total. The standard InChI is InChI=1S/C51H31N3S2/c1-4-14-32(15-5-1)33-26-28-36(29-27-33)50-52-49(35-18-8-3-9-19-35)53-51(54-50)42-23-13-25-44-45(42)41-22-12-21-38(47(41)56-44)39-31-30-37(34-16-6-2-7-17-34)46-40-20-10-11-24-43(40)55-48(39)46/h1-31H. The van der Waals surface area contributed by atoms with E-state index in [0.29, 0.717) is 17.5 Å². The summed E-state index contributed by atoms with van der Waals surface area (Å²) in [6.45, 7) is 0. The molecule has 3 heterocycles. The third kappa shape index (κ3) is 5.51. The van der Waals surface area contributed by atoms with Gasteiger partial charge in [-0.25, -0.2) is 15.0 Å². The van der Waals surface area contributed by atoms with E-state index in [2.05, 4.69) is 164 Å². The number of nitrogens with zero attached hydrogens (tertiary/aromatic N) is 3. The van der Waals surface area contributed by atoms with E-state index >= 15 is 0 Å². The van der Waals surface area contributed by atoms with Crippen molar-refractivity contribution in [1.82, 2.24) is 15.0 Å². The van der Waals surface area contributed by atoms with Crippen molar-refractivity contribution in [3.63, 3.8) is 0 Å². The second-order valence-corrected chi connectivity index (χ2v) is 16.0. The Balaban J connectivity index is 1.10. The fourth-order valence-electron chi connectivity index (χ4n) is 7.93. The van der Waals surface area contributed by atoms with Crippen molar-refractivity contribution in [2.45, 2.75) is 0 Å². The van der Waals surface area contributed by atoms with Crippen molar-refractivity contribution in [2.75, 3.05) is 0 Å². The number of rotatable bonds is 6. The van der Waals surface area contributed by atoms with E-state index in [-0.39, 0.29) is 0 Å². The zero-order valence-electron chi connectivity index (χ0n) is 30.1. The van der Waals surface area contributed by atoms with Crippen LogP contribution >= 0.6 is 22.7 Å². The second-order valence-electron chi connectivity index (χ2n) is 13.9. The fourth-order valence-corrected chi connectivity index (χ4v) is 10.4. The van der Waals surface area contributed by atoms with Crippen LogP contribution in [-0.2, 0) is 0 Å². The van der Waals surface area contributed by atoms with Gasteiger partial charge in [-0.3, -0.25) is 0 Å². The Kier molecular flexibility index (Phi) is 7.87. The molecule has 11 rings (SSSR count). The molecule has 0 aliphatic rings. The monoisotopic (exact) mass is 749 g/mol. The van der Waals surface area contributed by atoms with Crippen molar-refractivity contribution in [1.29, 1.82) is 0 Å². The Morgan fingerprint density at radius 2 is 0.750 bits per heavy atom. The Morgan fingerprint density at radius 3 is 1.50 bits per heavy atom. The van der Waals surface area contributed by atoms with E-state index < -0.39 is 0 Å². The molecular formula is C51H31N3S2. The average molecular weight is 750 g/mol. The van der Waals surface area contributed by atoms with E-state index in [1.807, 2.05) is 46.9 Å². The minimum Gasteiger partial charge on any atom is -0.208 e. The van der Waals surface area contributed by atoms with Gasteiger partial charge in [0, 0.05) is 68.2 Å².